The lowest BCUT2D eigenvalue weighted by Crippen LogP contribution is -2.36. The van der Waals surface area contributed by atoms with E-state index in [0.29, 0.717) is 30.4 Å². The monoisotopic (exact) mass is 455 g/mol. The van der Waals surface area contributed by atoms with E-state index in [-0.39, 0.29) is 12.2 Å². The van der Waals surface area contributed by atoms with Crippen LogP contribution in [0.1, 0.15) is 27.7 Å². The van der Waals surface area contributed by atoms with Gasteiger partial charge in [0, 0.05) is 19.2 Å². The van der Waals surface area contributed by atoms with Gasteiger partial charge in [-0.1, -0.05) is 0 Å². The fourth-order valence-electron chi connectivity index (χ4n) is 2.36. The zero-order chi connectivity index (χ0) is 23.1. The second-order valence-corrected chi connectivity index (χ2v) is 8.09. The Labute approximate surface area is 173 Å². The number of benzene rings is 1. The molecule has 0 atom stereocenters. The van der Waals surface area contributed by atoms with Crippen molar-refractivity contribution in [3.05, 3.63) is 17.1 Å². The van der Waals surface area contributed by atoms with E-state index >= 15 is 0 Å². The van der Waals surface area contributed by atoms with Gasteiger partial charge in [0.15, 0.2) is 20.8 Å². The molecule has 0 spiro atoms. The van der Waals surface area contributed by atoms with Gasteiger partial charge in [0.1, 0.15) is 0 Å². The minimum absolute atomic E-state index is 0.00472. The molecule has 30 heavy (non-hydrogen) atoms. The first-order valence-electron chi connectivity index (χ1n) is 8.97. The van der Waals surface area contributed by atoms with Gasteiger partial charge in [-0.25, -0.2) is 8.42 Å². The third-order valence-electron chi connectivity index (χ3n) is 3.51. The average Bonchev–Trinajstić information content (AvgIpc) is 2.61. The highest BCUT2D eigenvalue weighted by Crippen LogP contribution is 2.41. The molecule has 1 heterocycles. The van der Waals surface area contributed by atoms with Crippen LogP contribution in [0.25, 0.3) is 4.98 Å². The standard InChI is InChI=1S/C16H24N3O3.CHF3O3S/c1-11(2)21-15-10-14(19-5-7-20-8-6-19)16(22-12(3)4)9-13(15)18-17;2-1(3,4)8(5,6)7/h9-12H,5-8H2,1-4H3;(H,5,6,7)/q+1;/p-1. The Bertz CT molecular complexity index is 848. The molecule has 0 unspecified atom stereocenters. The first kappa shape index (κ1) is 25.7. The molecule has 2 rings (SSSR count). The summed E-state index contributed by atoms with van der Waals surface area (Å²) in [5.41, 5.74) is -4.33. The number of diazo groups is 1. The van der Waals surface area contributed by atoms with Crippen LogP contribution < -0.4 is 14.4 Å². The number of ether oxygens (including phenoxy) is 3. The Morgan fingerprint density at radius 2 is 1.57 bits per heavy atom. The van der Waals surface area contributed by atoms with Gasteiger partial charge in [-0.2, -0.15) is 13.2 Å². The maximum Gasteiger partial charge on any atom is 0.485 e. The van der Waals surface area contributed by atoms with Crippen LogP contribution in [0.5, 0.6) is 11.5 Å². The summed E-state index contributed by atoms with van der Waals surface area (Å²) in [6.07, 6.45) is 0.0260. The predicted octanol–water partition coefficient (Wildman–Crippen LogP) is 3.63. The van der Waals surface area contributed by atoms with Gasteiger partial charge in [-0.3, -0.25) is 0 Å². The van der Waals surface area contributed by atoms with Crippen molar-refractivity contribution in [3.63, 3.8) is 0 Å². The molecule has 1 aliphatic rings. The molecule has 170 valence electrons. The van der Waals surface area contributed by atoms with Gasteiger partial charge in [0.25, 0.3) is 0 Å². The molecule has 9 nitrogen and oxygen atoms in total. The van der Waals surface area contributed by atoms with Crippen molar-refractivity contribution in [2.45, 2.75) is 45.4 Å². The summed E-state index contributed by atoms with van der Waals surface area (Å²) in [6, 6.07) is 3.61. The Kier molecular flexibility index (Phi) is 9.13. The normalized spacial score (nSPS) is 14.8. The molecule has 0 bridgehead atoms. The van der Waals surface area contributed by atoms with Gasteiger partial charge in [-0.15, -0.1) is 0 Å². The molecular weight excluding hydrogens is 431 g/mol. The highest BCUT2D eigenvalue weighted by Gasteiger charge is 2.37. The minimum atomic E-state index is -6.09. The number of anilines is 1. The summed E-state index contributed by atoms with van der Waals surface area (Å²) in [7, 11) is -6.09. The topological polar surface area (TPSA) is 116 Å². The number of hydrogen-bond donors (Lipinski definition) is 0. The highest BCUT2D eigenvalue weighted by molar-refractivity contribution is 7.86. The van der Waals surface area contributed by atoms with E-state index in [1.54, 1.807) is 6.07 Å². The van der Waals surface area contributed by atoms with E-state index in [4.69, 9.17) is 27.2 Å². The van der Waals surface area contributed by atoms with Gasteiger partial charge in [-0.05, 0) is 27.7 Å². The lowest BCUT2D eigenvalue weighted by atomic mass is 10.2. The van der Waals surface area contributed by atoms with Crippen LogP contribution in [0.3, 0.4) is 0 Å². The van der Waals surface area contributed by atoms with Crippen molar-refractivity contribution < 1.29 is 40.4 Å². The molecule has 1 aliphatic heterocycles. The maximum absolute atomic E-state index is 10.7. The zero-order valence-corrected chi connectivity index (χ0v) is 17.8. The molecule has 1 aromatic carbocycles. The molecule has 0 saturated carbocycles. The molecule has 1 saturated heterocycles. The van der Waals surface area contributed by atoms with Crippen LogP contribution in [0, 0.1) is 5.39 Å². The Morgan fingerprint density at radius 3 is 1.97 bits per heavy atom. The third kappa shape index (κ3) is 7.85. The highest BCUT2D eigenvalue weighted by atomic mass is 32.2. The first-order chi connectivity index (χ1) is 13.8. The van der Waals surface area contributed by atoms with E-state index in [2.05, 4.69) is 9.88 Å². The van der Waals surface area contributed by atoms with Gasteiger partial charge in [0.05, 0.1) is 37.2 Å². The van der Waals surface area contributed by atoms with Crippen molar-refractivity contribution in [1.82, 2.24) is 0 Å². The quantitative estimate of drug-likeness (QED) is 0.375. The number of rotatable bonds is 5. The maximum atomic E-state index is 10.7. The van der Waals surface area contributed by atoms with Crippen molar-refractivity contribution in [3.8, 4) is 11.5 Å². The second kappa shape index (κ2) is 10.6. The Balaban J connectivity index is 0.000000479. The van der Waals surface area contributed by atoms with E-state index in [1.807, 2.05) is 33.8 Å². The SMILES string of the molecule is CC(C)Oc1cc(N2CCOCC2)c(OC(C)C)cc1[N+]#N.O=S(=O)([O-])C(F)(F)F. The minimum Gasteiger partial charge on any atom is -0.741 e. The van der Waals surface area contributed by atoms with Crippen molar-refractivity contribution in [2.75, 3.05) is 31.2 Å². The summed E-state index contributed by atoms with van der Waals surface area (Å²) < 4.78 is 76.0. The largest absolute Gasteiger partial charge is 0.741 e. The Morgan fingerprint density at radius 1 is 1.10 bits per heavy atom. The lowest BCUT2D eigenvalue weighted by molar-refractivity contribution is -0.0517. The van der Waals surface area contributed by atoms with Crippen LogP contribution >= 0.6 is 0 Å². The van der Waals surface area contributed by atoms with Crippen LogP contribution in [0.15, 0.2) is 12.1 Å². The number of morpholine rings is 1. The summed E-state index contributed by atoms with van der Waals surface area (Å²) in [5.74, 6) is 1.25. The molecule has 1 fully saturated rings. The average molecular weight is 455 g/mol. The van der Waals surface area contributed by atoms with Crippen molar-refractivity contribution in [1.29, 1.82) is 5.39 Å². The smallest absolute Gasteiger partial charge is 0.485 e. The van der Waals surface area contributed by atoms with Crippen LogP contribution in [0.4, 0.5) is 24.5 Å². The number of hydrogen-bond acceptors (Lipinski definition) is 8. The number of nitrogens with zero attached hydrogens (tertiary/aromatic N) is 3. The number of alkyl halides is 3. The summed E-state index contributed by atoms with van der Waals surface area (Å²) >= 11 is 0. The molecule has 0 N–H and O–H groups in total. The predicted molar refractivity (Wildman–Crippen MR) is 101 cm³/mol. The van der Waals surface area contributed by atoms with Crippen molar-refractivity contribution >= 4 is 21.5 Å². The fourth-order valence-corrected chi connectivity index (χ4v) is 2.36. The first-order valence-corrected chi connectivity index (χ1v) is 10.4. The summed E-state index contributed by atoms with van der Waals surface area (Å²) in [6.45, 7) is 10.8. The summed E-state index contributed by atoms with van der Waals surface area (Å²) in [4.78, 5) is 5.53. The molecule has 0 aromatic heterocycles. The molecule has 0 amide bonds. The third-order valence-corrected chi connectivity index (χ3v) is 4.08. The lowest BCUT2D eigenvalue weighted by Gasteiger charge is -2.30. The van der Waals surface area contributed by atoms with E-state index < -0.39 is 15.6 Å². The Hall–Kier alpha value is -2.30. The van der Waals surface area contributed by atoms with Crippen LogP contribution in [-0.2, 0) is 14.9 Å². The molecule has 1 aromatic rings. The second-order valence-electron chi connectivity index (χ2n) is 6.72. The van der Waals surface area contributed by atoms with Gasteiger partial charge < -0.3 is 23.7 Å². The molecule has 13 heteroatoms. The zero-order valence-electron chi connectivity index (χ0n) is 17.0. The van der Waals surface area contributed by atoms with E-state index in [0.717, 1.165) is 18.8 Å². The van der Waals surface area contributed by atoms with Crippen molar-refractivity contribution in [2.24, 2.45) is 0 Å². The molecule has 0 radical (unpaired) electrons. The number of halogens is 3. The van der Waals surface area contributed by atoms with E-state index in [1.165, 1.54) is 0 Å². The van der Waals surface area contributed by atoms with E-state index in [9.17, 15) is 18.6 Å². The van der Waals surface area contributed by atoms with Crippen LogP contribution in [0.2, 0.25) is 0 Å². The van der Waals surface area contributed by atoms with Crippen LogP contribution in [-0.4, -0.2) is 57.0 Å². The van der Waals surface area contributed by atoms with Gasteiger partial charge in [0.2, 0.25) is 11.1 Å². The fraction of sp³-hybridized carbons (Fsp3) is 0.647. The molecule has 0 aliphatic carbocycles. The molecular formula is C17H24F3N3O6S. The van der Waals surface area contributed by atoms with Gasteiger partial charge >= 0.3 is 11.2 Å². The summed E-state index contributed by atoms with van der Waals surface area (Å²) in [5, 5.41) is 9.25.